The van der Waals surface area contributed by atoms with Crippen LogP contribution in [0.3, 0.4) is 0 Å². The third kappa shape index (κ3) is 3.83. The second kappa shape index (κ2) is 8.87. The minimum Gasteiger partial charge on any atom is -0.497 e. The molecule has 0 N–H and O–H groups in total. The smallest absolute Gasteiger partial charge is 0.119 e. The van der Waals surface area contributed by atoms with E-state index in [1.165, 1.54) is 66.6 Å². The molecule has 6 rings (SSSR count). The summed E-state index contributed by atoms with van der Waals surface area (Å²) in [6.07, 6.45) is 5.04. The lowest BCUT2D eigenvalue weighted by atomic mass is 9.71. The number of methoxy groups -OCH3 is 1. The molecule has 1 saturated heterocycles. The summed E-state index contributed by atoms with van der Waals surface area (Å²) in [4.78, 5) is 2.50. The Hall–Kier alpha value is -2.78. The molecule has 3 unspecified atom stereocenters. The highest BCUT2D eigenvalue weighted by Crippen LogP contribution is 2.59. The van der Waals surface area contributed by atoms with E-state index in [1.54, 1.807) is 7.11 Å². The van der Waals surface area contributed by atoms with Crippen LogP contribution in [0.2, 0.25) is 0 Å². The highest BCUT2D eigenvalue weighted by molar-refractivity contribution is 5.56. The Kier molecular flexibility index (Phi) is 5.59. The molecule has 170 valence electrons. The summed E-state index contributed by atoms with van der Waals surface area (Å²) in [5, 5.41) is 0. The van der Waals surface area contributed by atoms with Gasteiger partial charge < -0.3 is 9.47 Å². The first-order valence-electron chi connectivity index (χ1n) is 12.5. The van der Waals surface area contributed by atoms with E-state index in [0.29, 0.717) is 17.8 Å². The van der Waals surface area contributed by atoms with Crippen molar-refractivity contribution in [1.29, 1.82) is 0 Å². The predicted octanol–water partition coefficient (Wildman–Crippen LogP) is 6.13. The summed E-state index contributed by atoms with van der Waals surface area (Å²) in [6.45, 7) is 4.23. The van der Waals surface area contributed by atoms with Crippen LogP contribution < -0.4 is 9.47 Å². The van der Waals surface area contributed by atoms with Crippen molar-refractivity contribution >= 4 is 0 Å². The van der Waals surface area contributed by atoms with E-state index in [9.17, 15) is 0 Å². The maximum absolute atomic E-state index is 6.09. The average molecular weight is 440 g/mol. The van der Waals surface area contributed by atoms with Crippen LogP contribution in [0, 0.1) is 0 Å². The zero-order valence-corrected chi connectivity index (χ0v) is 19.5. The number of hydrogen-bond acceptors (Lipinski definition) is 3. The Bertz CT molecular complexity index is 1120. The van der Waals surface area contributed by atoms with Crippen molar-refractivity contribution < 1.29 is 9.47 Å². The maximum atomic E-state index is 6.09. The Morgan fingerprint density at radius 3 is 2.45 bits per heavy atom. The molecule has 3 nitrogen and oxygen atoms in total. The van der Waals surface area contributed by atoms with Gasteiger partial charge >= 0.3 is 0 Å². The van der Waals surface area contributed by atoms with E-state index in [4.69, 9.17) is 9.47 Å². The molecule has 3 atom stereocenters. The van der Waals surface area contributed by atoms with Crippen molar-refractivity contribution in [2.45, 2.75) is 43.4 Å². The molecule has 3 aromatic rings. The second-order valence-electron chi connectivity index (χ2n) is 9.81. The minimum absolute atomic E-state index is 0.347. The molecule has 3 aromatic carbocycles. The highest BCUT2D eigenvalue weighted by atomic mass is 16.5. The van der Waals surface area contributed by atoms with E-state index in [0.717, 1.165) is 24.7 Å². The molecule has 0 bridgehead atoms. The minimum atomic E-state index is 0.347. The number of likely N-dealkylation sites (tertiary alicyclic amines) is 1. The molecule has 0 spiro atoms. The number of hydrogen-bond donors (Lipinski definition) is 0. The van der Waals surface area contributed by atoms with Crippen molar-refractivity contribution in [1.82, 2.24) is 4.90 Å². The number of fused-ring (bicyclic) bond motifs is 5. The lowest BCUT2D eigenvalue weighted by Crippen LogP contribution is -2.25. The van der Waals surface area contributed by atoms with Gasteiger partial charge in [0, 0.05) is 18.4 Å². The molecule has 1 aliphatic heterocycles. The summed E-state index contributed by atoms with van der Waals surface area (Å²) in [5.41, 5.74) is 7.36. The van der Waals surface area contributed by atoms with Crippen LogP contribution in [0.4, 0.5) is 0 Å². The van der Waals surface area contributed by atoms with Gasteiger partial charge in [0.1, 0.15) is 18.1 Å². The maximum Gasteiger partial charge on any atom is 0.119 e. The van der Waals surface area contributed by atoms with Crippen molar-refractivity contribution in [2.75, 3.05) is 33.4 Å². The van der Waals surface area contributed by atoms with Gasteiger partial charge in [-0.1, -0.05) is 42.5 Å². The lowest BCUT2D eigenvalue weighted by molar-refractivity contribution is 0.237. The van der Waals surface area contributed by atoms with Crippen molar-refractivity contribution in [3.63, 3.8) is 0 Å². The van der Waals surface area contributed by atoms with Gasteiger partial charge in [-0.3, -0.25) is 4.90 Å². The molecule has 0 saturated carbocycles. The van der Waals surface area contributed by atoms with Crippen LogP contribution in [0.1, 0.15) is 64.8 Å². The first-order valence-corrected chi connectivity index (χ1v) is 12.5. The van der Waals surface area contributed by atoms with Gasteiger partial charge in [0.15, 0.2) is 0 Å². The van der Waals surface area contributed by atoms with Crippen LogP contribution >= 0.6 is 0 Å². The zero-order chi connectivity index (χ0) is 22.2. The molecule has 3 heteroatoms. The van der Waals surface area contributed by atoms with Crippen LogP contribution in [-0.2, 0) is 6.42 Å². The number of benzene rings is 3. The molecule has 0 radical (unpaired) electrons. The van der Waals surface area contributed by atoms with Crippen molar-refractivity contribution in [3.8, 4) is 11.5 Å². The Labute approximate surface area is 197 Å². The van der Waals surface area contributed by atoms with Gasteiger partial charge in [0.2, 0.25) is 0 Å². The first kappa shape index (κ1) is 20.8. The van der Waals surface area contributed by atoms with Gasteiger partial charge in [-0.2, -0.15) is 0 Å². The average Bonchev–Trinajstić information content (AvgIpc) is 3.50. The third-order valence-electron chi connectivity index (χ3n) is 8.07. The van der Waals surface area contributed by atoms with Crippen LogP contribution in [0.15, 0.2) is 66.7 Å². The highest BCUT2D eigenvalue weighted by Gasteiger charge is 2.44. The van der Waals surface area contributed by atoms with Gasteiger partial charge in [-0.25, -0.2) is 0 Å². The zero-order valence-electron chi connectivity index (χ0n) is 19.5. The van der Waals surface area contributed by atoms with Crippen molar-refractivity contribution in [2.24, 2.45) is 0 Å². The fourth-order valence-electron chi connectivity index (χ4n) is 6.49. The molecular weight excluding hydrogens is 406 g/mol. The molecule has 0 amide bonds. The van der Waals surface area contributed by atoms with E-state index in [2.05, 4.69) is 71.6 Å². The second-order valence-corrected chi connectivity index (χ2v) is 9.81. The fraction of sp³-hybridized carbons (Fsp3) is 0.400. The Balaban J connectivity index is 1.30. The number of rotatable bonds is 6. The number of ether oxygens (including phenoxy) is 2. The summed E-state index contributed by atoms with van der Waals surface area (Å²) in [6, 6.07) is 24.7. The van der Waals surface area contributed by atoms with Gasteiger partial charge in [0.25, 0.3) is 0 Å². The quantitative estimate of drug-likeness (QED) is 0.461. The standard InChI is InChI=1S/C30H33NO2/c1-32-24-13-15-26-27-14-10-21-6-2-3-7-25(21)30(27)29(28(26)20-24)22-8-11-23(12-9-22)33-19-18-31-16-4-5-17-31/h2-3,6-9,11-13,15,20,27,29-30H,4-5,10,14,16-19H2,1H3. The molecule has 1 heterocycles. The summed E-state index contributed by atoms with van der Waals surface area (Å²) < 4.78 is 11.7. The summed E-state index contributed by atoms with van der Waals surface area (Å²) >= 11 is 0. The monoisotopic (exact) mass is 439 g/mol. The van der Waals surface area contributed by atoms with Gasteiger partial charge in [0.05, 0.1) is 7.11 Å². The molecule has 0 aromatic heterocycles. The Morgan fingerprint density at radius 2 is 1.64 bits per heavy atom. The Morgan fingerprint density at radius 1 is 0.848 bits per heavy atom. The summed E-state index contributed by atoms with van der Waals surface area (Å²) in [7, 11) is 1.77. The first-order chi connectivity index (χ1) is 16.3. The SMILES string of the molecule is COc1ccc2c(c1)C(c1ccc(OCCN3CCCC3)cc1)C1c3ccccc3CCC21. The van der Waals surface area contributed by atoms with Crippen molar-refractivity contribution in [3.05, 3.63) is 94.5 Å². The largest absolute Gasteiger partial charge is 0.497 e. The molecule has 2 aliphatic carbocycles. The van der Waals surface area contributed by atoms with Crippen LogP contribution in [0.5, 0.6) is 11.5 Å². The fourth-order valence-corrected chi connectivity index (χ4v) is 6.49. The molecule has 3 aliphatic rings. The molecule has 1 fully saturated rings. The van der Waals surface area contributed by atoms with E-state index in [1.807, 2.05) is 0 Å². The van der Waals surface area contributed by atoms with Gasteiger partial charge in [-0.05, 0) is 96.8 Å². The van der Waals surface area contributed by atoms with E-state index in [-0.39, 0.29) is 0 Å². The number of aryl methyl sites for hydroxylation is 1. The molecule has 33 heavy (non-hydrogen) atoms. The predicted molar refractivity (Wildman–Crippen MR) is 133 cm³/mol. The van der Waals surface area contributed by atoms with Crippen LogP contribution in [0.25, 0.3) is 0 Å². The normalized spacial score (nSPS) is 23.6. The topological polar surface area (TPSA) is 21.7 Å². The van der Waals surface area contributed by atoms with E-state index < -0.39 is 0 Å². The lowest BCUT2D eigenvalue weighted by Gasteiger charge is -2.32. The number of nitrogens with zero attached hydrogens (tertiary/aromatic N) is 1. The summed E-state index contributed by atoms with van der Waals surface area (Å²) in [5.74, 6) is 3.33. The molecular formula is C30H33NO2. The van der Waals surface area contributed by atoms with E-state index >= 15 is 0 Å². The third-order valence-corrected chi connectivity index (χ3v) is 8.07. The van der Waals surface area contributed by atoms with Crippen LogP contribution in [-0.4, -0.2) is 38.3 Å². The van der Waals surface area contributed by atoms with Gasteiger partial charge in [-0.15, -0.1) is 0 Å².